The van der Waals surface area contributed by atoms with E-state index in [1.165, 1.54) is 6.42 Å². The maximum Gasteiger partial charge on any atom is 0.0808 e. The smallest absolute Gasteiger partial charge is 0.0808 e. The average molecular weight is 404 g/mol. The summed E-state index contributed by atoms with van der Waals surface area (Å²) in [6.45, 7) is 5.33. The van der Waals surface area contributed by atoms with Crippen molar-refractivity contribution in [2.75, 3.05) is 41.0 Å². The first kappa shape index (κ1) is 19.2. The van der Waals surface area contributed by atoms with Crippen molar-refractivity contribution >= 4 is 0 Å². The van der Waals surface area contributed by atoms with Crippen molar-refractivity contribution in [2.24, 2.45) is 40.4 Å². The molecule has 0 amide bonds. The van der Waals surface area contributed by atoms with Crippen LogP contribution >= 0.6 is 0 Å². The molecule has 11 atom stereocenters. The van der Waals surface area contributed by atoms with Gasteiger partial charge in [-0.3, -0.25) is 4.90 Å². The Morgan fingerprint density at radius 2 is 2.03 bits per heavy atom. The third kappa shape index (κ3) is 2.01. The Bertz CT molecular complexity index is 726. The number of fused-ring (bicyclic) bond motifs is 2. The second-order valence-electron chi connectivity index (χ2n) is 10.9. The van der Waals surface area contributed by atoms with E-state index in [4.69, 9.17) is 14.2 Å². The molecule has 5 fully saturated rings. The fourth-order valence-electron chi connectivity index (χ4n) is 10.0. The van der Waals surface area contributed by atoms with Crippen LogP contribution in [0.25, 0.3) is 0 Å². The van der Waals surface area contributed by atoms with E-state index in [0.29, 0.717) is 35.6 Å². The first-order valence-corrected chi connectivity index (χ1v) is 11.8. The molecule has 1 heterocycles. The lowest BCUT2D eigenvalue weighted by Gasteiger charge is -2.67. The summed E-state index contributed by atoms with van der Waals surface area (Å²) >= 11 is 0. The highest BCUT2D eigenvalue weighted by Crippen LogP contribution is 2.77. The Morgan fingerprint density at radius 1 is 1.21 bits per heavy atom. The summed E-state index contributed by atoms with van der Waals surface area (Å²) in [5.74, 6) is 2.47. The third-order valence-electron chi connectivity index (χ3n) is 10.5. The highest BCUT2D eigenvalue weighted by Gasteiger charge is 2.79. The normalized spacial score (nSPS) is 57.1. The van der Waals surface area contributed by atoms with Gasteiger partial charge in [0.1, 0.15) is 0 Å². The van der Waals surface area contributed by atoms with Crippen LogP contribution in [0.15, 0.2) is 11.6 Å². The van der Waals surface area contributed by atoms with Crippen LogP contribution in [0.2, 0.25) is 0 Å². The van der Waals surface area contributed by atoms with Crippen LogP contribution < -0.4 is 0 Å². The number of methoxy groups -OCH3 is 3. The minimum atomic E-state index is -0.203. The molecule has 5 nitrogen and oxygen atoms in total. The van der Waals surface area contributed by atoms with E-state index in [9.17, 15) is 5.11 Å². The second kappa shape index (κ2) is 6.29. The van der Waals surface area contributed by atoms with Gasteiger partial charge in [0.15, 0.2) is 0 Å². The van der Waals surface area contributed by atoms with Gasteiger partial charge < -0.3 is 19.3 Å². The molecule has 0 aromatic carbocycles. The second-order valence-corrected chi connectivity index (χ2v) is 10.9. The van der Waals surface area contributed by atoms with Crippen LogP contribution in [0.3, 0.4) is 0 Å². The van der Waals surface area contributed by atoms with Crippen molar-refractivity contribution in [3.05, 3.63) is 11.6 Å². The van der Waals surface area contributed by atoms with E-state index >= 15 is 0 Å². The molecule has 0 aromatic rings. The van der Waals surface area contributed by atoms with Crippen molar-refractivity contribution in [1.82, 2.24) is 4.90 Å². The van der Waals surface area contributed by atoms with E-state index in [1.807, 2.05) is 21.3 Å². The number of aliphatic hydroxyl groups excluding tert-OH is 1. The van der Waals surface area contributed by atoms with E-state index in [0.717, 1.165) is 39.0 Å². The monoisotopic (exact) mass is 403 g/mol. The van der Waals surface area contributed by atoms with Gasteiger partial charge in [-0.2, -0.15) is 0 Å². The molecular formula is C24H37NO4. The standard InChI is InChI=1S/C24H37NO4/c1-5-25-11-23(12-27-2)7-6-19(26)24-16-8-15-17(28-3)9-13(20(16)21(15)29-4)14(22(24)25)10-18(23)24/h9,14-22,26H,5-8,10-12H2,1-4H3/t14-,15-,16-,17+,18-,19-,20-,21-,22-,23+,24-/m1/s1. The van der Waals surface area contributed by atoms with E-state index in [2.05, 4.69) is 17.9 Å². The number of rotatable bonds is 5. The Hall–Kier alpha value is -0.460. The molecule has 6 aliphatic rings. The van der Waals surface area contributed by atoms with E-state index in [-0.39, 0.29) is 29.1 Å². The average Bonchev–Trinajstić information content (AvgIpc) is 3.16. The molecule has 1 saturated heterocycles. The lowest BCUT2D eigenvalue weighted by molar-refractivity contribution is -0.228. The molecule has 0 aromatic heterocycles. The summed E-state index contributed by atoms with van der Waals surface area (Å²) in [6, 6.07) is 0.470. The molecule has 6 rings (SSSR count). The Labute approximate surface area is 174 Å². The largest absolute Gasteiger partial charge is 0.392 e. The van der Waals surface area contributed by atoms with Gasteiger partial charge in [0.25, 0.3) is 0 Å². The summed E-state index contributed by atoms with van der Waals surface area (Å²) < 4.78 is 18.0. The first-order chi connectivity index (χ1) is 14.1. The first-order valence-electron chi connectivity index (χ1n) is 11.8. The van der Waals surface area contributed by atoms with Gasteiger partial charge in [-0.1, -0.05) is 18.6 Å². The molecule has 4 saturated carbocycles. The van der Waals surface area contributed by atoms with Crippen molar-refractivity contribution in [1.29, 1.82) is 0 Å². The minimum Gasteiger partial charge on any atom is -0.392 e. The van der Waals surface area contributed by atoms with Gasteiger partial charge in [0.2, 0.25) is 0 Å². The minimum absolute atomic E-state index is 0.00806. The van der Waals surface area contributed by atoms with Gasteiger partial charge in [-0.05, 0) is 50.0 Å². The van der Waals surface area contributed by atoms with Crippen molar-refractivity contribution in [3.63, 3.8) is 0 Å². The molecule has 0 unspecified atom stereocenters. The SMILES string of the molecule is CCN1C[C@]2(COC)CC[C@@H](O)[C@@]34[C@@H]5C[C@H]6[C@@H](OC)[C@@H]5C(=C[C@@H]6OC)[C@@H](C[C@H]23)[C@@H]14. The summed E-state index contributed by atoms with van der Waals surface area (Å²) in [5, 5.41) is 11.8. The number of aliphatic hydroxyl groups is 1. The highest BCUT2D eigenvalue weighted by atomic mass is 16.5. The van der Waals surface area contributed by atoms with Crippen LogP contribution in [0.1, 0.15) is 32.6 Å². The summed E-state index contributed by atoms with van der Waals surface area (Å²) in [5.41, 5.74) is 1.79. The molecule has 5 heteroatoms. The number of hydrogen-bond donors (Lipinski definition) is 1. The number of nitrogens with zero attached hydrogens (tertiary/aromatic N) is 1. The predicted octanol–water partition coefficient (Wildman–Crippen LogP) is 2.34. The summed E-state index contributed by atoms with van der Waals surface area (Å²) in [4.78, 5) is 2.74. The maximum absolute atomic E-state index is 11.8. The van der Waals surface area contributed by atoms with Gasteiger partial charge in [0, 0.05) is 56.6 Å². The van der Waals surface area contributed by atoms with Gasteiger partial charge in [0.05, 0.1) is 24.9 Å². The van der Waals surface area contributed by atoms with Crippen LogP contribution in [0.4, 0.5) is 0 Å². The topological polar surface area (TPSA) is 51.2 Å². The number of piperidine rings is 1. The zero-order chi connectivity index (χ0) is 20.1. The van der Waals surface area contributed by atoms with Crippen LogP contribution in [-0.4, -0.2) is 75.4 Å². The predicted molar refractivity (Wildman–Crippen MR) is 109 cm³/mol. The lowest BCUT2D eigenvalue weighted by Crippen LogP contribution is -2.72. The molecule has 162 valence electrons. The van der Waals surface area contributed by atoms with Crippen molar-refractivity contribution in [2.45, 2.75) is 57.0 Å². The molecule has 1 aliphatic heterocycles. The van der Waals surface area contributed by atoms with Crippen molar-refractivity contribution in [3.8, 4) is 0 Å². The molecule has 1 spiro atoms. The van der Waals surface area contributed by atoms with E-state index < -0.39 is 0 Å². The fourth-order valence-corrected chi connectivity index (χ4v) is 10.0. The van der Waals surface area contributed by atoms with Crippen molar-refractivity contribution < 1.29 is 19.3 Å². The van der Waals surface area contributed by atoms with Crippen LogP contribution in [0.5, 0.6) is 0 Å². The molecule has 1 N–H and O–H groups in total. The fraction of sp³-hybridized carbons (Fsp3) is 0.917. The molecule has 5 aliphatic carbocycles. The molecule has 29 heavy (non-hydrogen) atoms. The molecule has 7 bridgehead atoms. The number of ether oxygens (including phenoxy) is 3. The quantitative estimate of drug-likeness (QED) is 0.714. The zero-order valence-electron chi connectivity index (χ0n) is 18.3. The van der Waals surface area contributed by atoms with E-state index in [1.54, 1.807) is 5.57 Å². The maximum atomic E-state index is 11.8. The molecular weight excluding hydrogens is 366 g/mol. The lowest BCUT2D eigenvalue weighted by atomic mass is 9.44. The van der Waals surface area contributed by atoms with Gasteiger partial charge >= 0.3 is 0 Å². The van der Waals surface area contributed by atoms with Gasteiger partial charge in [-0.15, -0.1) is 0 Å². The Morgan fingerprint density at radius 3 is 2.72 bits per heavy atom. The molecule has 0 radical (unpaired) electrons. The van der Waals surface area contributed by atoms with Crippen LogP contribution in [0, 0.1) is 40.4 Å². The van der Waals surface area contributed by atoms with Crippen LogP contribution in [-0.2, 0) is 14.2 Å². The number of likely N-dealkylation sites (tertiary alicyclic amines) is 1. The summed E-state index contributed by atoms with van der Waals surface area (Å²) in [6.07, 6.45) is 7.03. The Kier molecular flexibility index (Phi) is 4.17. The Balaban J connectivity index is 1.57. The highest BCUT2D eigenvalue weighted by molar-refractivity contribution is 5.40. The number of hydrogen-bond acceptors (Lipinski definition) is 5. The third-order valence-corrected chi connectivity index (χ3v) is 10.5. The van der Waals surface area contributed by atoms with Gasteiger partial charge in [-0.25, -0.2) is 0 Å². The summed E-state index contributed by atoms with van der Waals surface area (Å²) in [7, 11) is 5.60. The zero-order valence-corrected chi connectivity index (χ0v) is 18.3.